The Balaban J connectivity index is 1.70. The van der Waals surface area contributed by atoms with Crippen LogP contribution in [-0.2, 0) is 25.8 Å². The molecule has 0 atom stereocenters. The lowest BCUT2D eigenvalue weighted by Crippen LogP contribution is -2.03. The number of nitrogens with one attached hydrogen (secondary N) is 1. The molecular weight excluding hydrogens is 242 g/mol. The number of hydrogen-bond acceptors (Lipinski definition) is 1. The molecular formula is C19H23N. The molecule has 1 aliphatic rings. The fraction of sp³-hybridized carbons (Fsp3) is 0.368. The van der Waals surface area contributed by atoms with E-state index in [2.05, 4.69) is 54.7 Å². The van der Waals surface area contributed by atoms with Crippen molar-refractivity contribution in [2.45, 2.75) is 45.6 Å². The highest BCUT2D eigenvalue weighted by molar-refractivity contribution is 5.51. The third kappa shape index (κ3) is 2.87. The molecule has 0 spiro atoms. The third-order valence-corrected chi connectivity index (χ3v) is 4.18. The van der Waals surface area contributed by atoms with Gasteiger partial charge in [-0.2, -0.15) is 0 Å². The van der Waals surface area contributed by atoms with Gasteiger partial charge in [-0.25, -0.2) is 0 Å². The first-order chi connectivity index (χ1) is 9.86. The minimum absolute atomic E-state index is 0.925. The second-order valence-corrected chi connectivity index (χ2v) is 5.72. The van der Waals surface area contributed by atoms with Crippen LogP contribution in [-0.4, -0.2) is 0 Å². The highest BCUT2D eigenvalue weighted by Crippen LogP contribution is 2.24. The van der Waals surface area contributed by atoms with Crippen molar-refractivity contribution in [3.63, 3.8) is 0 Å². The van der Waals surface area contributed by atoms with Crippen molar-refractivity contribution in [1.82, 2.24) is 0 Å². The number of hydrogen-bond donors (Lipinski definition) is 1. The standard InChI is InChI=1S/C19H23N/c1-2-6-17-7-3-4-10-19(17)20-14-15-11-12-16-8-5-9-18(16)13-15/h3-4,7,10-13,20H,2,5-6,8-9,14H2,1H3. The molecule has 3 rings (SSSR count). The Morgan fingerprint density at radius 1 is 1.00 bits per heavy atom. The summed E-state index contributed by atoms with van der Waals surface area (Å²) >= 11 is 0. The van der Waals surface area contributed by atoms with Gasteiger partial charge in [0.15, 0.2) is 0 Å². The zero-order chi connectivity index (χ0) is 13.8. The average Bonchev–Trinajstić information content (AvgIpc) is 2.94. The smallest absolute Gasteiger partial charge is 0.0400 e. The van der Waals surface area contributed by atoms with Crippen LogP contribution in [0.1, 0.15) is 42.0 Å². The quantitative estimate of drug-likeness (QED) is 0.823. The average molecular weight is 265 g/mol. The van der Waals surface area contributed by atoms with Gasteiger partial charge in [0.1, 0.15) is 0 Å². The van der Waals surface area contributed by atoms with E-state index in [1.807, 2.05) is 0 Å². The van der Waals surface area contributed by atoms with Crippen LogP contribution in [0.25, 0.3) is 0 Å². The minimum atomic E-state index is 0.925. The second-order valence-electron chi connectivity index (χ2n) is 5.72. The molecule has 0 radical (unpaired) electrons. The van der Waals surface area contributed by atoms with E-state index in [1.165, 1.54) is 42.5 Å². The van der Waals surface area contributed by atoms with Crippen LogP contribution >= 0.6 is 0 Å². The van der Waals surface area contributed by atoms with E-state index in [-0.39, 0.29) is 0 Å². The molecule has 0 bridgehead atoms. The van der Waals surface area contributed by atoms with Crippen molar-refractivity contribution in [2.24, 2.45) is 0 Å². The minimum Gasteiger partial charge on any atom is -0.381 e. The van der Waals surface area contributed by atoms with Gasteiger partial charge in [0.2, 0.25) is 0 Å². The molecule has 0 aliphatic heterocycles. The summed E-state index contributed by atoms with van der Waals surface area (Å²) in [7, 11) is 0. The van der Waals surface area contributed by atoms with Crippen LogP contribution in [0.2, 0.25) is 0 Å². The zero-order valence-corrected chi connectivity index (χ0v) is 12.3. The molecule has 1 N–H and O–H groups in total. The summed E-state index contributed by atoms with van der Waals surface area (Å²) in [6.45, 7) is 3.16. The molecule has 0 aromatic heterocycles. The van der Waals surface area contributed by atoms with Crippen molar-refractivity contribution in [1.29, 1.82) is 0 Å². The summed E-state index contributed by atoms with van der Waals surface area (Å²) in [6.07, 6.45) is 6.19. The van der Waals surface area contributed by atoms with Crippen LogP contribution in [0, 0.1) is 0 Å². The van der Waals surface area contributed by atoms with E-state index in [0.29, 0.717) is 0 Å². The lowest BCUT2D eigenvalue weighted by molar-refractivity contribution is 0.911. The largest absolute Gasteiger partial charge is 0.381 e. The molecule has 0 saturated carbocycles. The molecule has 2 aromatic rings. The first kappa shape index (κ1) is 13.2. The number of fused-ring (bicyclic) bond motifs is 1. The van der Waals surface area contributed by atoms with E-state index >= 15 is 0 Å². The molecule has 0 fully saturated rings. The molecule has 0 heterocycles. The van der Waals surface area contributed by atoms with Crippen molar-refractivity contribution in [3.05, 3.63) is 64.7 Å². The Morgan fingerprint density at radius 3 is 2.75 bits per heavy atom. The van der Waals surface area contributed by atoms with E-state index in [0.717, 1.165) is 13.0 Å². The van der Waals surface area contributed by atoms with Gasteiger partial charge in [-0.3, -0.25) is 0 Å². The van der Waals surface area contributed by atoms with Gasteiger partial charge in [-0.1, -0.05) is 49.7 Å². The Hall–Kier alpha value is -1.76. The van der Waals surface area contributed by atoms with Gasteiger partial charge in [-0.15, -0.1) is 0 Å². The predicted octanol–water partition coefficient (Wildman–Crippen LogP) is 4.74. The van der Waals surface area contributed by atoms with E-state index in [9.17, 15) is 0 Å². The molecule has 0 amide bonds. The van der Waals surface area contributed by atoms with E-state index in [4.69, 9.17) is 0 Å². The van der Waals surface area contributed by atoms with E-state index in [1.54, 1.807) is 11.1 Å². The number of para-hydroxylation sites is 1. The molecule has 1 aliphatic carbocycles. The number of aryl methyl sites for hydroxylation is 3. The summed E-state index contributed by atoms with van der Waals surface area (Å²) in [5.41, 5.74) is 7.23. The van der Waals surface area contributed by atoms with Gasteiger partial charge in [0.25, 0.3) is 0 Å². The Bertz CT molecular complexity index is 586. The normalized spacial score (nSPS) is 13.2. The van der Waals surface area contributed by atoms with Crippen LogP contribution in [0.5, 0.6) is 0 Å². The summed E-state index contributed by atoms with van der Waals surface area (Å²) in [5.74, 6) is 0. The monoisotopic (exact) mass is 265 g/mol. The van der Waals surface area contributed by atoms with Crippen LogP contribution in [0.15, 0.2) is 42.5 Å². The number of anilines is 1. The Labute approximate surface area is 122 Å². The first-order valence-electron chi connectivity index (χ1n) is 7.79. The molecule has 20 heavy (non-hydrogen) atoms. The molecule has 0 saturated heterocycles. The van der Waals surface area contributed by atoms with Crippen molar-refractivity contribution in [3.8, 4) is 0 Å². The van der Waals surface area contributed by atoms with E-state index < -0.39 is 0 Å². The molecule has 1 nitrogen and oxygen atoms in total. The number of benzene rings is 2. The molecule has 104 valence electrons. The SMILES string of the molecule is CCCc1ccccc1NCc1ccc2c(c1)CCC2. The summed E-state index contributed by atoms with van der Waals surface area (Å²) in [5, 5.41) is 3.61. The fourth-order valence-electron chi connectivity index (χ4n) is 3.11. The summed E-state index contributed by atoms with van der Waals surface area (Å²) < 4.78 is 0. The maximum absolute atomic E-state index is 3.61. The second kappa shape index (κ2) is 6.13. The van der Waals surface area contributed by atoms with Crippen LogP contribution < -0.4 is 5.32 Å². The van der Waals surface area contributed by atoms with Gasteiger partial charge < -0.3 is 5.32 Å². The van der Waals surface area contributed by atoms with Crippen LogP contribution in [0.4, 0.5) is 5.69 Å². The maximum Gasteiger partial charge on any atom is 0.0400 e. The summed E-state index contributed by atoms with van der Waals surface area (Å²) in [6, 6.07) is 15.7. The molecule has 2 aromatic carbocycles. The Kier molecular flexibility index (Phi) is 4.05. The van der Waals surface area contributed by atoms with Gasteiger partial charge in [0, 0.05) is 12.2 Å². The molecule has 0 unspecified atom stereocenters. The van der Waals surface area contributed by atoms with Crippen molar-refractivity contribution in [2.75, 3.05) is 5.32 Å². The lowest BCUT2D eigenvalue weighted by atomic mass is 10.1. The predicted molar refractivity (Wildman–Crippen MR) is 86.2 cm³/mol. The highest BCUT2D eigenvalue weighted by atomic mass is 14.9. The summed E-state index contributed by atoms with van der Waals surface area (Å²) in [4.78, 5) is 0. The van der Waals surface area contributed by atoms with Crippen LogP contribution in [0.3, 0.4) is 0 Å². The molecule has 1 heteroatoms. The van der Waals surface area contributed by atoms with Gasteiger partial charge in [0.05, 0.1) is 0 Å². The zero-order valence-electron chi connectivity index (χ0n) is 12.3. The lowest BCUT2D eigenvalue weighted by Gasteiger charge is -2.12. The number of rotatable bonds is 5. The highest BCUT2D eigenvalue weighted by Gasteiger charge is 2.10. The third-order valence-electron chi connectivity index (χ3n) is 4.18. The van der Waals surface area contributed by atoms with Gasteiger partial charge >= 0.3 is 0 Å². The van der Waals surface area contributed by atoms with Crippen molar-refractivity contribution >= 4 is 5.69 Å². The maximum atomic E-state index is 3.61. The Morgan fingerprint density at radius 2 is 1.85 bits per heavy atom. The van der Waals surface area contributed by atoms with Gasteiger partial charge in [-0.05, 0) is 54.0 Å². The van der Waals surface area contributed by atoms with Crippen molar-refractivity contribution < 1.29 is 0 Å². The first-order valence-corrected chi connectivity index (χ1v) is 7.79. The topological polar surface area (TPSA) is 12.0 Å². The fourth-order valence-corrected chi connectivity index (χ4v) is 3.11.